The third kappa shape index (κ3) is 3.31. The zero-order chi connectivity index (χ0) is 15.5. The standard InChI is InChI=1S/C17H16IN3O/c18-12-5-7-13(8-6-12)21-17(22)15(19)9-11-10-20-16-4-2-1-3-14(11)16/h1-8,10,15,20H,9,19H2,(H,21,22). The van der Waals surface area contributed by atoms with E-state index in [2.05, 4.69) is 32.9 Å². The molecule has 3 aromatic rings. The van der Waals surface area contributed by atoms with Crippen molar-refractivity contribution in [3.63, 3.8) is 0 Å². The molecule has 0 aliphatic carbocycles. The molecule has 112 valence electrons. The number of carbonyl (C=O) groups excluding carboxylic acids is 1. The fourth-order valence-corrected chi connectivity index (χ4v) is 2.76. The van der Waals surface area contributed by atoms with Crippen LogP contribution >= 0.6 is 22.6 Å². The first-order valence-corrected chi connectivity index (χ1v) is 8.08. The van der Waals surface area contributed by atoms with E-state index < -0.39 is 6.04 Å². The molecular weight excluding hydrogens is 389 g/mol. The summed E-state index contributed by atoms with van der Waals surface area (Å²) in [6, 6.07) is 15.1. The van der Waals surface area contributed by atoms with Crippen LogP contribution in [-0.2, 0) is 11.2 Å². The van der Waals surface area contributed by atoms with Crippen molar-refractivity contribution in [3.8, 4) is 0 Å². The van der Waals surface area contributed by atoms with E-state index in [0.29, 0.717) is 6.42 Å². The molecule has 1 heterocycles. The molecule has 0 aliphatic rings. The van der Waals surface area contributed by atoms with E-state index in [4.69, 9.17) is 5.73 Å². The third-order valence-electron chi connectivity index (χ3n) is 3.56. The highest BCUT2D eigenvalue weighted by Gasteiger charge is 2.16. The first kappa shape index (κ1) is 15.1. The van der Waals surface area contributed by atoms with E-state index >= 15 is 0 Å². The third-order valence-corrected chi connectivity index (χ3v) is 4.28. The highest BCUT2D eigenvalue weighted by molar-refractivity contribution is 14.1. The molecule has 1 unspecified atom stereocenters. The Morgan fingerprint density at radius 1 is 1.18 bits per heavy atom. The number of hydrogen-bond donors (Lipinski definition) is 3. The monoisotopic (exact) mass is 405 g/mol. The molecule has 0 spiro atoms. The van der Waals surface area contributed by atoms with Gasteiger partial charge in [0.15, 0.2) is 0 Å². The summed E-state index contributed by atoms with van der Waals surface area (Å²) in [6.45, 7) is 0. The fraction of sp³-hybridized carbons (Fsp3) is 0.118. The van der Waals surface area contributed by atoms with Crippen molar-refractivity contribution in [2.45, 2.75) is 12.5 Å². The van der Waals surface area contributed by atoms with Gasteiger partial charge in [0.1, 0.15) is 0 Å². The van der Waals surface area contributed by atoms with Crippen LogP contribution in [0.4, 0.5) is 5.69 Å². The summed E-state index contributed by atoms with van der Waals surface area (Å²) >= 11 is 2.22. The van der Waals surface area contributed by atoms with Crippen LogP contribution in [0, 0.1) is 3.57 Å². The Balaban J connectivity index is 1.69. The van der Waals surface area contributed by atoms with Gasteiger partial charge in [-0.25, -0.2) is 0 Å². The summed E-state index contributed by atoms with van der Waals surface area (Å²) in [5.74, 6) is -0.175. The summed E-state index contributed by atoms with van der Waals surface area (Å²) in [7, 11) is 0. The normalized spacial score (nSPS) is 12.3. The van der Waals surface area contributed by atoms with Gasteiger partial charge in [-0.2, -0.15) is 0 Å². The molecule has 4 nitrogen and oxygen atoms in total. The van der Waals surface area contributed by atoms with Gasteiger partial charge in [-0.3, -0.25) is 4.79 Å². The van der Waals surface area contributed by atoms with E-state index in [9.17, 15) is 4.79 Å². The van der Waals surface area contributed by atoms with Gasteiger partial charge in [-0.05, 0) is 64.9 Å². The molecule has 0 radical (unpaired) electrons. The van der Waals surface area contributed by atoms with Gasteiger partial charge in [-0.15, -0.1) is 0 Å². The molecule has 0 bridgehead atoms. The Hall–Kier alpha value is -1.86. The van der Waals surface area contributed by atoms with Gasteiger partial charge < -0.3 is 16.0 Å². The first-order valence-electron chi connectivity index (χ1n) is 7.00. The molecule has 1 aromatic heterocycles. The Morgan fingerprint density at radius 3 is 2.68 bits per heavy atom. The lowest BCUT2D eigenvalue weighted by Gasteiger charge is -2.12. The molecule has 22 heavy (non-hydrogen) atoms. The largest absolute Gasteiger partial charge is 0.361 e. The van der Waals surface area contributed by atoms with Gasteiger partial charge >= 0.3 is 0 Å². The lowest BCUT2D eigenvalue weighted by molar-refractivity contribution is -0.117. The number of nitrogens with two attached hydrogens (primary N) is 1. The molecule has 0 saturated carbocycles. The highest BCUT2D eigenvalue weighted by Crippen LogP contribution is 2.19. The van der Waals surface area contributed by atoms with E-state index in [1.807, 2.05) is 54.7 Å². The summed E-state index contributed by atoms with van der Waals surface area (Å²) in [6.07, 6.45) is 2.42. The van der Waals surface area contributed by atoms with Crippen molar-refractivity contribution in [1.82, 2.24) is 4.98 Å². The van der Waals surface area contributed by atoms with E-state index in [-0.39, 0.29) is 5.91 Å². The van der Waals surface area contributed by atoms with Crippen LogP contribution in [0.5, 0.6) is 0 Å². The second kappa shape index (κ2) is 6.50. The maximum Gasteiger partial charge on any atom is 0.241 e. The molecule has 2 aromatic carbocycles. The zero-order valence-corrected chi connectivity index (χ0v) is 14.0. The Labute approximate surface area is 142 Å². The minimum atomic E-state index is -0.585. The van der Waals surface area contributed by atoms with Crippen LogP contribution < -0.4 is 11.1 Å². The number of nitrogens with one attached hydrogen (secondary N) is 2. The Kier molecular flexibility index (Phi) is 4.44. The number of carbonyl (C=O) groups is 1. The molecule has 0 aliphatic heterocycles. The van der Waals surface area contributed by atoms with Gasteiger partial charge in [0.05, 0.1) is 6.04 Å². The van der Waals surface area contributed by atoms with Crippen molar-refractivity contribution in [1.29, 1.82) is 0 Å². The van der Waals surface area contributed by atoms with Crippen LogP contribution in [0.15, 0.2) is 54.7 Å². The number of halogens is 1. The van der Waals surface area contributed by atoms with Crippen molar-refractivity contribution in [2.24, 2.45) is 5.73 Å². The van der Waals surface area contributed by atoms with Crippen LogP contribution in [-0.4, -0.2) is 16.9 Å². The predicted molar refractivity (Wildman–Crippen MR) is 97.8 cm³/mol. The first-order chi connectivity index (χ1) is 10.6. The van der Waals surface area contributed by atoms with Crippen molar-refractivity contribution in [2.75, 3.05) is 5.32 Å². The zero-order valence-electron chi connectivity index (χ0n) is 11.8. The van der Waals surface area contributed by atoms with Crippen molar-refractivity contribution >= 4 is 45.1 Å². The average Bonchev–Trinajstić information content (AvgIpc) is 2.93. The summed E-state index contributed by atoms with van der Waals surface area (Å²) < 4.78 is 1.12. The predicted octanol–water partition coefficient (Wildman–Crippen LogP) is 3.28. The van der Waals surface area contributed by atoms with E-state index in [1.54, 1.807) is 0 Å². The molecule has 4 N–H and O–H groups in total. The number of anilines is 1. The van der Waals surface area contributed by atoms with Crippen LogP contribution in [0.2, 0.25) is 0 Å². The smallest absolute Gasteiger partial charge is 0.241 e. The summed E-state index contributed by atoms with van der Waals surface area (Å²) in [4.78, 5) is 15.4. The number of aromatic amines is 1. The molecule has 1 amide bonds. The second-order valence-electron chi connectivity index (χ2n) is 5.17. The molecule has 0 fully saturated rings. The lowest BCUT2D eigenvalue weighted by Crippen LogP contribution is -2.37. The van der Waals surface area contributed by atoms with Crippen LogP contribution in [0.25, 0.3) is 10.9 Å². The van der Waals surface area contributed by atoms with Crippen molar-refractivity contribution < 1.29 is 4.79 Å². The highest BCUT2D eigenvalue weighted by atomic mass is 127. The molecule has 5 heteroatoms. The number of rotatable bonds is 4. The number of aromatic nitrogens is 1. The molecule has 3 rings (SSSR count). The van der Waals surface area contributed by atoms with Gasteiger partial charge in [-0.1, -0.05) is 18.2 Å². The number of amides is 1. The molecule has 0 saturated heterocycles. The average molecular weight is 405 g/mol. The van der Waals surface area contributed by atoms with Crippen molar-refractivity contribution in [3.05, 3.63) is 63.9 Å². The van der Waals surface area contributed by atoms with Gasteiger partial charge in [0.25, 0.3) is 0 Å². The summed E-state index contributed by atoms with van der Waals surface area (Å²) in [5.41, 5.74) is 8.93. The number of benzene rings is 2. The van der Waals surface area contributed by atoms with Crippen LogP contribution in [0.1, 0.15) is 5.56 Å². The minimum absolute atomic E-state index is 0.175. The number of H-pyrrole nitrogens is 1. The van der Waals surface area contributed by atoms with E-state index in [1.165, 1.54) is 0 Å². The van der Waals surface area contributed by atoms with Gasteiger partial charge in [0.2, 0.25) is 5.91 Å². The minimum Gasteiger partial charge on any atom is -0.361 e. The number of hydrogen-bond acceptors (Lipinski definition) is 2. The Morgan fingerprint density at radius 2 is 1.91 bits per heavy atom. The quantitative estimate of drug-likeness (QED) is 0.583. The van der Waals surface area contributed by atoms with Gasteiger partial charge in [0, 0.05) is 26.4 Å². The second-order valence-corrected chi connectivity index (χ2v) is 6.41. The fourth-order valence-electron chi connectivity index (χ4n) is 2.40. The molecular formula is C17H16IN3O. The maximum atomic E-state index is 12.2. The summed E-state index contributed by atoms with van der Waals surface area (Å²) in [5, 5.41) is 3.96. The Bertz CT molecular complexity index is 795. The maximum absolute atomic E-state index is 12.2. The number of fused-ring (bicyclic) bond motifs is 1. The topological polar surface area (TPSA) is 70.9 Å². The lowest BCUT2D eigenvalue weighted by atomic mass is 10.1. The van der Waals surface area contributed by atoms with Crippen LogP contribution in [0.3, 0.4) is 0 Å². The molecule has 1 atom stereocenters. The SMILES string of the molecule is NC(Cc1c[nH]c2ccccc12)C(=O)Nc1ccc(I)cc1. The number of para-hydroxylation sites is 1. The van der Waals surface area contributed by atoms with E-state index in [0.717, 1.165) is 25.7 Å².